The zero-order valence-corrected chi connectivity index (χ0v) is 45.5. The second-order valence-electron chi connectivity index (χ2n) is 5.82. The average molecular weight is 1850 g/mol. The molecular weight excluding hydrogens is 1830 g/mol. The van der Waals surface area contributed by atoms with E-state index in [0.717, 1.165) is 0 Å². The molecule has 0 aliphatic carbocycles. The van der Waals surface area contributed by atoms with Crippen molar-refractivity contribution in [1.29, 1.82) is 0 Å². The van der Waals surface area contributed by atoms with Gasteiger partial charge in [-0.25, -0.2) is 0 Å². The van der Waals surface area contributed by atoms with Crippen LogP contribution in [0.4, 0.5) is 25.9 Å². The summed E-state index contributed by atoms with van der Waals surface area (Å²) in [5, 5.41) is 103. The summed E-state index contributed by atoms with van der Waals surface area (Å²) in [6.45, 7) is 2.27. The second kappa shape index (κ2) is 88.9. The minimum atomic E-state index is -3.17. The number of hydrogen-bond acceptors (Lipinski definition) is 12. The molecule has 53 heavy (non-hydrogen) atoms. The third kappa shape index (κ3) is 157. The summed E-state index contributed by atoms with van der Waals surface area (Å²) in [7, 11) is -19.2. The maximum absolute atomic E-state index is 9.89. The van der Waals surface area contributed by atoms with E-state index in [-0.39, 0.29) is 242 Å². The Bertz CT molecular complexity index is 682. The Morgan fingerprint density at radius 3 is 0.660 bits per heavy atom. The molecule has 0 unspecified atom stereocenters. The number of halogens is 6. The maximum atomic E-state index is 9.89. The van der Waals surface area contributed by atoms with Gasteiger partial charge < -0.3 is 86.2 Å². The van der Waals surface area contributed by atoms with Crippen LogP contribution in [0.25, 0.3) is 0 Å². The first-order valence-electron chi connectivity index (χ1n) is 10.4. The summed E-state index contributed by atoms with van der Waals surface area (Å²) in [5.74, 6) is 0. The minimum absolute atomic E-state index is 0. The Kier molecular flexibility index (Phi) is 189. The van der Waals surface area contributed by atoms with Gasteiger partial charge in [-0.1, -0.05) is 74.0 Å². The fourth-order valence-corrected chi connectivity index (χ4v) is 4.45. The molecule has 0 bridgehead atoms. The van der Waals surface area contributed by atoms with Gasteiger partial charge in [0.15, 0.2) is 0 Å². The van der Waals surface area contributed by atoms with Crippen LogP contribution in [0.15, 0.2) is 60.7 Å². The first-order valence-corrected chi connectivity index (χ1v) is 12.0. The van der Waals surface area contributed by atoms with E-state index in [4.69, 9.17) is 60.3 Å². The van der Waals surface area contributed by atoms with E-state index in [2.05, 4.69) is 67.6 Å². The number of rotatable bonds is 5. The largest absolute Gasteiger partial charge is 0.867 e. The van der Waals surface area contributed by atoms with Crippen LogP contribution < -0.4 is 70.9 Å². The van der Waals surface area contributed by atoms with E-state index < -0.39 is 44.4 Å². The minimum Gasteiger partial charge on any atom is -0.867 e. The van der Waals surface area contributed by atoms with Crippen LogP contribution in [0.3, 0.4) is 0 Å². The van der Waals surface area contributed by atoms with E-state index in [0.29, 0.717) is 0 Å². The number of benzene rings is 2. The fraction of sp³-hybridized carbons (Fsp3) is 0.250. The van der Waals surface area contributed by atoms with Crippen molar-refractivity contribution < 1.29 is 320 Å². The van der Waals surface area contributed by atoms with Gasteiger partial charge >= 0.3 is 0 Å². The molecule has 12 nitrogen and oxygen atoms in total. The third-order valence-corrected chi connectivity index (χ3v) is 5.48. The van der Waals surface area contributed by atoms with Gasteiger partial charge in [0, 0.05) is 234 Å². The Labute approximate surface area is 462 Å². The summed E-state index contributed by atoms with van der Waals surface area (Å²) in [5.41, 5.74) is 0. The monoisotopic (exact) mass is 1850 g/mol. The number of hydrogen-bond donors (Lipinski definition) is 0. The molecule has 0 saturated carbocycles. The van der Waals surface area contributed by atoms with Gasteiger partial charge in [-0.15, -0.1) is 0 Å². The molecule has 0 amide bonds. The van der Waals surface area contributed by atoms with E-state index in [1.54, 1.807) is 0 Å². The smallest absolute Gasteiger partial charge is 0.121 e. The van der Waals surface area contributed by atoms with Crippen molar-refractivity contribution in [2.24, 2.45) is 0 Å². The van der Waals surface area contributed by atoms with Crippen molar-refractivity contribution in [3.05, 3.63) is 60.7 Å². The SMILES string of the molecule is CCCCP(c1ccccc1)c1ccccc1.[O-]B([O-])F.[O-]B([O-])F.[O-]B([O-])F.[O-]B([O-])F.[O-]B([O-])F.[O-]B([O-])F.[Rh].[Rh].[Rh].[Rh].[Rh].[Rh].[Rh].[Rh].[Rh].[Rh].[Rh].[Rh]. The van der Waals surface area contributed by atoms with E-state index >= 15 is 0 Å². The predicted octanol–water partition coefficient (Wildman–Crippen LogP) is -10.1. The molecular formula is C16H19B6F6O12PRh12-12. The Balaban J connectivity index is -0.0000000208. The molecule has 0 N–H and O–H groups in total. The van der Waals surface area contributed by atoms with Gasteiger partial charge in [0.25, 0.3) is 0 Å². The molecule has 0 atom stereocenters. The molecule has 0 saturated heterocycles. The zero-order chi connectivity index (χ0) is 33.4. The zero-order valence-electron chi connectivity index (χ0n) is 25.0. The van der Waals surface area contributed by atoms with Gasteiger partial charge in [0.2, 0.25) is 0 Å². The van der Waals surface area contributed by atoms with Crippen LogP contribution in [-0.2, 0) is 234 Å². The molecule has 0 heterocycles. The fourth-order valence-electron chi connectivity index (χ4n) is 1.94. The van der Waals surface area contributed by atoms with Crippen molar-refractivity contribution >= 4 is 62.9 Å². The van der Waals surface area contributed by atoms with Gasteiger partial charge in [-0.05, 0) is 31.1 Å². The molecule has 2 aromatic carbocycles. The third-order valence-electron chi connectivity index (χ3n) is 2.87. The molecule has 2 aromatic rings. The summed E-state index contributed by atoms with van der Waals surface area (Å²) in [4.78, 5) is 0. The van der Waals surface area contributed by atoms with Crippen molar-refractivity contribution in [3.63, 3.8) is 0 Å². The summed E-state index contributed by atoms with van der Waals surface area (Å²) >= 11 is 0. The van der Waals surface area contributed by atoms with E-state index in [1.807, 2.05) is 0 Å². The molecule has 0 aliphatic heterocycles. The molecule has 12 radical (unpaired) electrons. The van der Waals surface area contributed by atoms with Crippen molar-refractivity contribution in [1.82, 2.24) is 0 Å². The summed E-state index contributed by atoms with van der Waals surface area (Å²) in [6.07, 6.45) is 3.90. The van der Waals surface area contributed by atoms with Gasteiger partial charge in [0.05, 0.1) is 0 Å². The molecule has 340 valence electrons. The molecule has 0 aliphatic rings. The van der Waals surface area contributed by atoms with Crippen LogP contribution in [0, 0.1) is 0 Å². The van der Waals surface area contributed by atoms with Crippen molar-refractivity contribution in [2.45, 2.75) is 19.8 Å². The van der Waals surface area contributed by atoms with Crippen molar-refractivity contribution in [3.8, 4) is 0 Å². The summed E-state index contributed by atoms with van der Waals surface area (Å²) in [6, 6.07) is 21.9. The van der Waals surface area contributed by atoms with Crippen LogP contribution in [0.5, 0.6) is 0 Å². The second-order valence-corrected chi connectivity index (χ2v) is 8.16. The van der Waals surface area contributed by atoms with Gasteiger partial charge in [-0.3, -0.25) is 0 Å². The maximum Gasteiger partial charge on any atom is 0.121 e. The quantitative estimate of drug-likeness (QED) is 0.153. The van der Waals surface area contributed by atoms with E-state index in [1.165, 1.54) is 29.6 Å². The van der Waals surface area contributed by atoms with Crippen molar-refractivity contribution in [2.75, 3.05) is 6.16 Å². The van der Waals surface area contributed by atoms with Gasteiger partial charge in [-0.2, -0.15) is 0 Å². The normalized spacial score (nSPS) is 6.49. The van der Waals surface area contributed by atoms with Crippen LogP contribution >= 0.6 is 7.92 Å². The van der Waals surface area contributed by atoms with Crippen LogP contribution in [0.2, 0.25) is 0 Å². The van der Waals surface area contributed by atoms with Gasteiger partial charge in [0.1, 0.15) is 44.4 Å². The van der Waals surface area contributed by atoms with Crippen LogP contribution in [-0.4, -0.2) is 50.5 Å². The topological polar surface area (TPSA) is 277 Å². The molecule has 2 rings (SSSR count). The Hall–Kier alpha value is 5.84. The predicted molar refractivity (Wildman–Crippen MR) is 120 cm³/mol. The first-order chi connectivity index (χ1) is 18.8. The molecule has 0 spiro atoms. The average Bonchev–Trinajstić information content (AvgIpc) is 2.79. The van der Waals surface area contributed by atoms with Crippen LogP contribution in [0.1, 0.15) is 19.8 Å². The number of unbranched alkanes of at least 4 members (excludes halogenated alkanes) is 1. The standard InChI is InChI=1S/C16H19P.6BFO2.12Rh/c1-2-3-14-17(15-10-6-4-7-11-15)16-12-8-5-9-13-16;6*2-1(3)4;;;;;;;;;;;;/h4-13H,2-3,14H2,1H3;;;;;;;;;;;;;;;;;;/q;6*-2;;;;;;;;;;;;. The summed E-state index contributed by atoms with van der Waals surface area (Å²) < 4.78 is 59.3. The first kappa shape index (κ1) is 112. The Morgan fingerprint density at radius 2 is 0.528 bits per heavy atom. The molecule has 0 aromatic heterocycles. The van der Waals surface area contributed by atoms with E-state index in [9.17, 15) is 25.9 Å². The molecule has 0 fully saturated rings. The molecule has 37 heteroatoms. The Morgan fingerprint density at radius 1 is 0.377 bits per heavy atom.